The summed E-state index contributed by atoms with van der Waals surface area (Å²) in [4.78, 5) is 0. The molecule has 3 atom stereocenters. The summed E-state index contributed by atoms with van der Waals surface area (Å²) >= 11 is 0. The Morgan fingerprint density at radius 3 is 2.56 bits per heavy atom. The first-order valence-electron chi connectivity index (χ1n) is 8.26. The lowest BCUT2D eigenvalue weighted by molar-refractivity contribution is 0.0402. The third-order valence-electron chi connectivity index (χ3n) is 6.34. The van der Waals surface area contributed by atoms with Crippen molar-refractivity contribution >= 4 is 0 Å². The Kier molecular flexibility index (Phi) is 3.71. The second-order valence-electron chi connectivity index (χ2n) is 7.72. The van der Waals surface area contributed by atoms with Gasteiger partial charge in [-0.1, -0.05) is 13.8 Å². The van der Waals surface area contributed by atoms with Crippen LogP contribution in [0.15, 0.2) is 0 Å². The van der Waals surface area contributed by atoms with E-state index in [0.717, 1.165) is 42.3 Å². The summed E-state index contributed by atoms with van der Waals surface area (Å²) in [5, 5.41) is 0. The molecule has 3 fully saturated rings. The van der Waals surface area contributed by atoms with Gasteiger partial charge in [-0.2, -0.15) is 0 Å². The Hall–Kier alpha value is -0.0400. The lowest BCUT2D eigenvalue weighted by Crippen LogP contribution is -2.32. The van der Waals surface area contributed by atoms with Crippen molar-refractivity contribution < 1.29 is 4.74 Å². The van der Waals surface area contributed by atoms with E-state index in [4.69, 9.17) is 4.74 Å². The quantitative estimate of drug-likeness (QED) is 0.708. The van der Waals surface area contributed by atoms with E-state index in [9.17, 15) is 0 Å². The molecule has 0 radical (unpaired) electrons. The summed E-state index contributed by atoms with van der Waals surface area (Å²) in [5.41, 5.74) is 0.735. The molecule has 0 aromatic heterocycles. The van der Waals surface area contributed by atoms with Crippen LogP contribution in [0, 0.1) is 29.1 Å². The minimum absolute atomic E-state index is 0.735. The Labute approximate surface area is 113 Å². The van der Waals surface area contributed by atoms with Crippen LogP contribution in [0.5, 0.6) is 0 Å². The second kappa shape index (κ2) is 5.15. The summed E-state index contributed by atoms with van der Waals surface area (Å²) in [5.74, 6) is 3.99. The van der Waals surface area contributed by atoms with Crippen LogP contribution < -0.4 is 0 Å². The minimum atomic E-state index is 0.735. The van der Waals surface area contributed by atoms with Crippen LogP contribution in [0.1, 0.15) is 65.2 Å². The van der Waals surface area contributed by atoms with E-state index >= 15 is 0 Å². The molecule has 2 aliphatic carbocycles. The molecule has 1 saturated heterocycles. The predicted molar refractivity (Wildman–Crippen MR) is 75.5 cm³/mol. The van der Waals surface area contributed by atoms with E-state index in [-0.39, 0.29) is 0 Å². The minimum Gasteiger partial charge on any atom is -0.381 e. The number of fused-ring (bicyclic) bond motifs is 2. The van der Waals surface area contributed by atoms with Gasteiger partial charge in [-0.25, -0.2) is 0 Å². The average molecular weight is 250 g/mol. The Balaban J connectivity index is 1.60. The number of rotatable bonds is 3. The van der Waals surface area contributed by atoms with Gasteiger partial charge in [0.1, 0.15) is 0 Å². The zero-order valence-corrected chi connectivity index (χ0v) is 12.3. The largest absolute Gasteiger partial charge is 0.381 e. The van der Waals surface area contributed by atoms with E-state index in [2.05, 4.69) is 13.8 Å². The fraction of sp³-hybridized carbons (Fsp3) is 1.00. The maximum atomic E-state index is 5.50. The summed E-state index contributed by atoms with van der Waals surface area (Å²) in [6, 6.07) is 0. The van der Waals surface area contributed by atoms with E-state index in [1.54, 1.807) is 19.3 Å². The molecule has 2 bridgehead atoms. The standard InChI is InChI=1S/C17H30O/c1-13(2)17-6-3-15(11-17)10-16(12-17)9-14-4-7-18-8-5-14/h13-16H,3-12H2,1-2H3. The first kappa shape index (κ1) is 13.0. The normalized spacial score (nSPS) is 41.5. The van der Waals surface area contributed by atoms with E-state index in [0.29, 0.717) is 0 Å². The molecule has 1 nitrogen and oxygen atoms in total. The molecule has 1 aliphatic heterocycles. The van der Waals surface area contributed by atoms with E-state index < -0.39 is 0 Å². The van der Waals surface area contributed by atoms with Crippen LogP contribution in [-0.2, 0) is 4.74 Å². The van der Waals surface area contributed by atoms with Crippen molar-refractivity contribution in [2.24, 2.45) is 29.1 Å². The maximum Gasteiger partial charge on any atom is 0.0468 e. The molecule has 2 saturated carbocycles. The third-order valence-corrected chi connectivity index (χ3v) is 6.34. The average Bonchev–Trinajstić information content (AvgIpc) is 2.68. The molecule has 0 aromatic carbocycles. The Morgan fingerprint density at radius 2 is 1.83 bits per heavy atom. The van der Waals surface area contributed by atoms with Crippen molar-refractivity contribution in [1.82, 2.24) is 0 Å². The van der Waals surface area contributed by atoms with Crippen molar-refractivity contribution in [2.45, 2.75) is 65.2 Å². The molecule has 104 valence electrons. The predicted octanol–water partition coefficient (Wildman–Crippen LogP) is 4.66. The lowest BCUT2D eigenvalue weighted by Gasteiger charge is -2.42. The molecule has 18 heavy (non-hydrogen) atoms. The fourth-order valence-electron chi connectivity index (χ4n) is 5.18. The van der Waals surface area contributed by atoms with Crippen LogP contribution in [-0.4, -0.2) is 13.2 Å². The number of ether oxygens (including phenoxy) is 1. The first-order chi connectivity index (χ1) is 8.68. The fourth-order valence-corrected chi connectivity index (χ4v) is 5.18. The van der Waals surface area contributed by atoms with Crippen LogP contribution in [0.25, 0.3) is 0 Å². The summed E-state index contributed by atoms with van der Waals surface area (Å²) < 4.78 is 5.50. The van der Waals surface area contributed by atoms with Gasteiger partial charge >= 0.3 is 0 Å². The maximum absolute atomic E-state index is 5.50. The third kappa shape index (κ3) is 2.48. The van der Waals surface area contributed by atoms with Crippen molar-refractivity contribution in [2.75, 3.05) is 13.2 Å². The van der Waals surface area contributed by atoms with E-state index in [1.807, 2.05) is 0 Å². The highest BCUT2D eigenvalue weighted by Gasteiger charge is 2.47. The molecular formula is C17H30O. The molecule has 0 N–H and O–H groups in total. The van der Waals surface area contributed by atoms with Crippen LogP contribution in [0.2, 0.25) is 0 Å². The second-order valence-corrected chi connectivity index (χ2v) is 7.72. The Morgan fingerprint density at radius 1 is 1.06 bits per heavy atom. The highest BCUT2D eigenvalue weighted by molar-refractivity contribution is 4.97. The molecule has 1 heteroatoms. The van der Waals surface area contributed by atoms with Crippen molar-refractivity contribution in [3.05, 3.63) is 0 Å². The smallest absolute Gasteiger partial charge is 0.0468 e. The SMILES string of the molecule is CC(C)C12CCC(CC(CC3CCOCC3)C1)C2. The zero-order chi connectivity index (χ0) is 12.6. The molecular weight excluding hydrogens is 220 g/mol. The molecule has 3 aliphatic rings. The first-order valence-corrected chi connectivity index (χ1v) is 8.26. The summed E-state index contributed by atoms with van der Waals surface area (Å²) in [6.07, 6.45) is 11.9. The van der Waals surface area contributed by atoms with E-state index in [1.165, 1.54) is 32.1 Å². The van der Waals surface area contributed by atoms with Gasteiger partial charge in [0.15, 0.2) is 0 Å². The highest BCUT2D eigenvalue weighted by Crippen LogP contribution is 2.58. The molecule has 0 spiro atoms. The van der Waals surface area contributed by atoms with Crippen LogP contribution >= 0.6 is 0 Å². The Bertz CT molecular complexity index is 279. The van der Waals surface area contributed by atoms with Gasteiger partial charge in [0.05, 0.1) is 0 Å². The van der Waals surface area contributed by atoms with Gasteiger partial charge in [0.25, 0.3) is 0 Å². The zero-order valence-electron chi connectivity index (χ0n) is 12.3. The summed E-state index contributed by atoms with van der Waals surface area (Å²) in [7, 11) is 0. The van der Waals surface area contributed by atoms with Gasteiger partial charge in [-0.3, -0.25) is 0 Å². The van der Waals surface area contributed by atoms with Gasteiger partial charge in [-0.15, -0.1) is 0 Å². The van der Waals surface area contributed by atoms with Crippen molar-refractivity contribution in [3.63, 3.8) is 0 Å². The molecule has 0 aromatic rings. The molecule has 0 amide bonds. The van der Waals surface area contributed by atoms with Gasteiger partial charge in [0.2, 0.25) is 0 Å². The van der Waals surface area contributed by atoms with Gasteiger partial charge in [0, 0.05) is 13.2 Å². The summed E-state index contributed by atoms with van der Waals surface area (Å²) in [6.45, 7) is 6.99. The van der Waals surface area contributed by atoms with Crippen LogP contribution in [0.4, 0.5) is 0 Å². The van der Waals surface area contributed by atoms with Gasteiger partial charge < -0.3 is 4.74 Å². The van der Waals surface area contributed by atoms with Crippen molar-refractivity contribution in [1.29, 1.82) is 0 Å². The topological polar surface area (TPSA) is 9.23 Å². The highest BCUT2D eigenvalue weighted by atomic mass is 16.5. The monoisotopic (exact) mass is 250 g/mol. The van der Waals surface area contributed by atoms with Crippen LogP contribution in [0.3, 0.4) is 0 Å². The number of hydrogen-bond acceptors (Lipinski definition) is 1. The number of hydrogen-bond donors (Lipinski definition) is 0. The molecule has 3 unspecified atom stereocenters. The lowest BCUT2D eigenvalue weighted by atomic mass is 9.63. The van der Waals surface area contributed by atoms with Crippen molar-refractivity contribution in [3.8, 4) is 0 Å². The molecule has 1 heterocycles. The molecule has 3 rings (SSSR count). The van der Waals surface area contributed by atoms with Gasteiger partial charge in [-0.05, 0) is 80.5 Å².